The maximum absolute atomic E-state index is 15.2. The van der Waals surface area contributed by atoms with Gasteiger partial charge in [0.15, 0.2) is 5.54 Å². The van der Waals surface area contributed by atoms with Gasteiger partial charge in [0.25, 0.3) is 0 Å². The second-order valence-electron chi connectivity index (χ2n) is 10.6. The molecule has 2 atom stereocenters. The smallest absolute Gasteiger partial charge is 0.411 e. The number of hydrogen-bond donors (Lipinski definition) is 1. The summed E-state index contributed by atoms with van der Waals surface area (Å²) in [5, 5.41) is 10.5. The fourth-order valence-corrected chi connectivity index (χ4v) is 4.11. The molecule has 202 valence electrons. The Hall–Kier alpha value is -3.49. The van der Waals surface area contributed by atoms with E-state index in [9.17, 15) is 23.9 Å². The number of rotatable bonds is 10. The lowest BCUT2D eigenvalue weighted by molar-refractivity contribution is -0.171. The lowest BCUT2D eigenvalue weighted by atomic mass is 9.73. The van der Waals surface area contributed by atoms with Crippen molar-refractivity contribution >= 4 is 18.0 Å². The highest BCUT2D eigenvalue weighted by Crippen LogP contribution is 2.39. The van der Waals surface area contributed by atoms with E-state index in [4.69, 9.17) is 9.47 Å². The van der Waals surface area contributed by atoms with E-state index < -0.39 is 53.0 Å². The highest BCUT2D eigenvalue weighted by atomic mass is 19.1. The van der Waals surface area contributed by atoms with Gasteiger partial charge in [0.2, 0.25) is 0 Å². The third-order valence-corrected chi connectivity index (χ3v) is 5.76. The molecule has 1 amide bonds. The van der Waals surface area contributed by atoms with Crippen LogP contribution in [0.4, 0.5) is 13.6 Å². The number of likely N-dealkylation sites (N-methyl/N-ethyl adjacent to an activating group) is 1. The lowest BCUT2D eigenvalue weighted by Crippen LogP contribution is -2.65. The first-order valence-corrected chi connectivity index (χ1v) is 11.9. The van der Waals surface area contributed by atoms with Crippen LogP contribution in [0.3, 0.4) is 0 Å². The van der Waals surface area contributed by atoms with E-state index in [0.717, 1.165) is 25.8 Å². The quantitative estimate of drug-likeness (QED) is 0.414. The number of hydrogen-bond acceptors (Lipinski definition) is 5. The lowest BCUT2D eigenvalue weighted by Gasteiger charge is -2.44. The van der Waals surface area contributed by atoms with Gasteiger partial charge in [-0.25, -0.2) is 18.4 Å². The topological polar surface area (TPSA) is 93.1 Å². The summed E-state index contributed by atoms with van der Waals surface area (Å²) in [7, 11) is 1.16. The number of aliphatic carboxylic acids is 1. The molecule has 37 heavy (non-hydrogen) atoms. The Morgan fingerprint density at radius 3 is 2.00 bits per heavy atom. The Morgan fingerprint density at radius 2 is 1.51 bits per heavy atom. The van der Waals surface area contributed by atoms with E-state index in [1.54, 1.807) is 51.1 Å². The number of halogens is 2. The minimum absolute atomic E-state index is 0.162. The minimum atomic E-state index is -2.40. The second kappa shape index (κ2) is 11.7. The molecule has 9 heteroatoms. The number of carboxylic acid groups (broad SMARTS) is 1. The number of amides is 1. The van der Waals surface area contributed by atoms with Crippen molar-refractivity contribution in [3.63, 3.8) is 0 Å². The second-order valence-corrected chi connectivity index (χ2v) is 10.6. The Morgan fingerprint density at radius 1 is 0.946 bits per heavy atom. The number of carbonyl (C=O) groups excluding carboxylic acids is 2. The van der Waals surface area contributed by atoms with E-state index in [0.29, 0.717) is 11.1 Å². The molecule has 0 spiro atoms. The zero-order chi connectivity index (χ0) is 28.0. The molecule has 0 aliphatic rings. The maximum Gasteiger partial charge on any atom is 0.411 e. The Kier molecular flexibility index (Phi) is 9.41. The summed E-state index contributed by atoms with van der Waals surface area (Å²) in [6.45, 7) is 6.97. The van der Waals surface area contributed by atoms with Gasteiger partial charge in [-0.3, -0.25) is 9.69 Å². The van der Waals surface area contributed by atoms with Crippen molar-refractivity contribution in [1.82, 2.24) is 4.90 Å². The molecule has 0 saturated heterocycles. The van der Waals surface area contributed by atoms with E-state index in [1.807, 2.05) is 0 Å². The van der Waals surface area contributed by atoms with Crippen molar-refractivity contribution in [2.45, 2.75) is 70.9 Å². The molecule has 0 aliphatic carbocycles. The molecular formula is C28H35F2NO6. The number of ether oxygens (including phenoxy) is 2. The highest BCUT2D eigenvalue weighted by molar-refractivity contribution is 5.91. The van der Waals surface area contributed by atoms with Crippen LogP contribution in [0.5, 0.6) is 0 Å². The van der Waals surface area contributed by atoms with Gasteiger partial charge in [0, 0.05) is 13.5 Å². The summed E-state index contributed by atoms with van der Waals surface area (Å²) in [4.78, 5) is 40.4. The summed E-state index contributed by atoms with van der Waals surface area (Å²) >= 11 is 0. The van der Waals surface area contributed by atoms with Gasteiger partial charge in [-0.2, -0.15) is 0 Å². The van der Waals surface area contributed by atoms with Crippen molar-refractivity contribution in [2.24, 2.45) is 5.92 Å². The third kappa shape index (κ3) is 8.27. The van der Waals surface area contributed by atoms with Gasteiger partial charge in [-0.15, -0.1) is 0 Å². The summed E-state index contributed by atoms with van der Waals surface area (Å²) in [6.07, 6.45) is -2.04. The molecule has 2 aromatic carbocycles. The number of alkyl halides is 1. The maximum atomic E-state index is 15.2. The number of carbonyl (C=O) groups is 3. The fourth-order valence-electron chi connectivity index (χ4n) is 4.11. The first kappa shape index (κ1) is 29.7. The van der Waals surface area contributed by atoms with Gasteiger partial charge in [-0.05, 0) is 64.3 Å². The van der Waals surface area contributed by atoms with Crippen molar-refractivity contribution in [3.05, 3.63) is 71.5 Å². The first-order chi connectivity index (χ1) is 17.0. The molecular weight excluding hydrogens is 484 g/mol. The van der Waals surface area contributed by atoms with Crippen molar-refractivity contribution < 1.29 is 37.7 Å². The Labute approximate surface area is 216 Å². The molecule has 0 aromatic heterocycles. The van der Waals surface area contributed by atoms with E-state index in [2.05, 4.69) is 0 Å². The predicted octanol–water partition coefficient (Wildman–Crippen LogP) is 5.56. The molecule has 2 aromatic rings. The SMILES string of the molecule is CN(C(=O)OC(C)(C)C)[C@](CC(C)(C)F)(C(=O)O)[C@@H](Cc1ccc(F)cc1)C(=O)OCc1ccccc1. The number of nitrogens with zero attached hydrogens (tertiary/aromatic N) is 1. The van der Waals surface area contributed by atoms with Crippen LogP contribution >= 0.6 is 0 Å². The minimum Gasteiger partial charge on any atom is -0.479 e. The molecule has 0 heterocycles. The van der Waals surface area contributed by atoms with E-state index in [1.165, 1.54) is 24.3 Å². The standard InChI is InChI=1S/C28H35F2NO6/c1-26(2,3)37-25(35)31(6)28(24(33)34,18-27(4,5)30)22(16-19-12-14-21(29)15-13-19)23(32)36-17-20-10-8-7-9-11-20/h7-15,22H,16-18H2,1-6H3,(H,33,34)/t22-,28-/m0/s1. The van der Waals surface area contributed by atoms with Gasteiger partial charge >= 0.3 is 18.0 Å². The van der Waals surface area contributed by atoms with Crippen LogP contribution in [0, 0.1) is 11.7 Å². The molecule has 0 saturated carbocycles. The average Bonchev–Trinajstić information content (AvgIpc) is 2.79. The molecule has 7 nitrogen and oxygen atoms in total. The van der Waals surface area contributed by atoms with Crippen LogP contribution in [0.15, 0.2) is 54.6 Å². The number of esters is 1. The normalized spacial score (nSPS) is 14.3. The predicted molar refractivity (Wildman–Crippen MR) is 134 cm³/mol. The monoisotopic (exact) mass is 519 g/mol. The van der Waals surface area contributed by atoms with Crippen LogP contribution in [-0.2, 0) is 32.1 Å². The van der Waals surface area contributed by atoms with E-state index in [-0.39, 0.29) is 13.0 Å². The summed E-state index contributed by atoms with van der Waals surface area (Å²) in [5.74, 6) is -4.63. The number of benzene rings is 2. The zero-order valence-corrected chi connectivity index (χ0v) is 22.1. The van der Waals surface area contributed by atoms with Gasteiger partial charge in [0.1, 0.15) is 23.7 Å². The highest BCUT2D eigenvalue weighted by Gasteiger charge is 2.58. The molecule has 0 aliphatic heterocycles. The van der Waals surface area contributed by atoms with Crippen LogP contribution in [0.25, 0.3) is 0 Å². The van der Waals surface area contributed by atoms with E-state index >= 15 is 4.39 Å². The average molecular weight is 520 g/mol. The van der Waals surface area contributed by atoms with Crippen LogP contribution < -0.4 is 0 Å². The van der Waals surface area contributed by atoms with Gasteiger partial charge in [-0.1, -0.05) is 42.5 Å². The van der Waals surface area contributed by atoms with Crippen molar-refractivity contribution in [1.29, 1.82) is 0 Å². The third-order valence-electron chi connectivity index (χ3n) is 5.76. The summed E-state index contributed by atoms with van der Waals surface area (Å²) < 4.78 is 39.7. The summed E-state index contributed by atoms with van der Waals surface area (Å²) in [5.41, 5.74) is -4.44. The van der Waals surface area contributed by atoms with Gasteiger partial charge < -0.3 is 14.6 Å². The first-order valence-electron chi connectivity index (χ1n) is 11.9. The van der Waals surface area contributed by atoms with Crippen LogP contribution in [0.1, 0.15) is 52.2 Å². The zero-order valence-electron chi connectivity index (χ0n) is 22.1. The molecule has 0 fully saturated rings. The molecule has 2 rings (SSSR count). The van der Waals surface area contributed by atoms with Crippen LogP contribution in [-0.4, -0.2) is 51.9 Å². The van der Waals surface area contributed by atoms with Crippen molar-refractivity contribution in [2.75, 3.05) is 7.05 Å². The Balaban J connectivity index is 2.63. The molecule has 1 N–H and O–H groups in total. The van der Waals surface area contributed by atoms with Crippen molar-refractivity contribution in [3.8, 4) is 0 Å². The van der Waals surface area contributed by atoms with Crippen LogP contribution in [0.2, 0.25) is 0 Å². The molecule has 0 unspecified atom stereocenters. The Bertz CT molecular complexity index is 1080. The largest absolute Gasteiger partial charge is 0.479 e. The molecule has 0 radical (unpaired) electrons. The molecule has 0 bridgehead atoms. The summed E-state index contributed by atoms with van der Waals surface area (Å²) in [6, 6.07) is 13.9. The number of carboxylic acids is 1. The fraction of sp³-hybridized carbons (Fsp3) is 0.464. The van der Waals surface area contributed by atoms with Gasteiger partial charge in [0.05, 0.1) is 5.92 Å².